The number of nitrogen functional groups attached to an aromatic ring is 1. The van der Waals surface area contributed by atoms with Gasteiger partial charge in [-0.3, -0.25) is 0 Å². The van der Waals surface area contributed by atoms with Gasteiger partial charge in [0.1, 0.15) is 0 Å². The van der Waals surface area contributed by atoms with Crippen molar-refractivity contribution in [3.05, 3.63) is 29.8 Å². The quantitative estimate of drug-likeness (QED) is 0.719. The summed E-state index contributed by atoms with van der Waals surface area (Å²) in [6.45, 7) is 0.0168. The van der Waals surface area contributed by atoms with Crippen LogP contribution in [0.3, 0.4) is 0 Å². The fraction of sp³-hybridized carbons (Fsp3) is 0.333. The minimum atomic E-state index is -3.83. The summed E-state index contributed by atoms with van der Waals surface area (Å²) in [6.07, 6.45) is 0.868. The van der Waals surface area contributed by atoms with Gasteiger partial charge in [0.15, 0.2) is 14.9 Å². The van der Waals surface area contributed by atoms with Gasteiger partial charge >= 0.3 is 0 Å². The summed E-state index contributed by atoms with van der Waals surface area (Å²) in [5, 5.41) is -0.914. The van der Waals surface area contributed by atoms with E-state index in [2.05, 4.69) is 4.72 Å². The van der Waals surface area contributed by atoms with E-state index < -0.39 is 24.9 Å². The molecule has 1 aromatic carbocycles. The van der Waals surface area contributed by atoms with Crippen molar-refractivity contribution in [1.29, 1.82) is 0 Å². The smallest absolute Gasteiger partial charge is 0.226 e. The first kappa shape index (κ1) is 13.9. The Hall–Kier alpha value is -1.12. The molecule has 0 bridgehead atoms. The molecule has 0 atom stereocenters. The average molecular weight is 278 g/mol. The number of nitrogens with two attached hydrogens (primary N) is 1. The minimum absolute atomic E-state index is 0.0168. The zero-order valence-corrected chi connectivity index (χ0v) is 10.9. The second kappa shape index (κ2) is 5.03. The van der Waals surface area contributed by atoms with E-state index in [4.69, 9.17) is 5.73 Å². The Balaban J connectivity index is 2.68. The maximum atomic E-state index is 11.4. The van der Waals surface area contributed by atoms with E-state index in [9.17, 15) is 16.8 Å². The molecule has 17 heavy (non-hydrogen) atoms. The van der Waals surface area contributed by atoms with Gasteiger partial charge in [-0.1, -0.05) is 12.1 Å². The second-order valence-corrected chi connectivity index (χ2v) is 8.04. The van der Waals surface area contributed by atoms with E-state index in [0.717, 1.165) is 6.26 Å². The van der Waals surface area contributed by atoms with Crippen molar-refractivity contribution in [3.8, 4) is 0 Å². The van der Waals surface area contributed by atoms with E-state index in [1.807, 2.05) is 0 Å². The molecule has 0 radical (unpaired) electrons. The van der Waals surface area contributed by atoms with Gasteiger partial charge in [0, 0.05) is 18.5 Å². The molecule has 0 saturated heterocycles. The Kier molecular flexibility index (Phi) is 4.12. The van der Waals surface area contributed by atoms with Gasteiger partial charge in [-0.05, 0) is 17.7 Å². The maximum absolute atomic E-state index is 11.4. The Morgan fingerprint density at radius 1 is 1.24 bits per heavy atom. The highest BCUT2D eigenvalue weighted by Crippen LogP contribution is 2.06. The predicted octanol–water partition coefficient (Wildman–Crippen LogP) is -0.310. The molecule has 8 heteroatoms. The predicted molar refractivity (Wildman–Crippen MR) is 66.3 cm³/mol. The summed E-state index contributed by atoms with van der Waals surface area (Å²) in [6, 6.07) is 6.67. The van der Waals surface area contributed by atoms with Crippen LogP contribution in [0.1, 0.15) is 5.56 Å². The van der Waals surface area contributed by atoms with Gasteiger partial charge < -0.3 is 5.73 Å². The molecule has 0 unspecified atom stereocenters. The standard InChI is InChI=1S/C9H14N2O4S2/c1-16(12,13)7-17(14,15)11-6-8-3-2-4-9(10)5-8/h2-5,11H,6-7,10H2,1H3. The van der Waals surface area contributed by atoms with Crippen LogP contribution in [-0.2, 0) is 26.4 Å². The SMILES string of the molecule is CS(=O)(=O)CS(=O)(=O)NCc1cccc(N)c1. The molecule has 0 saturated carbocycles. The lowest BCUT2D eigenvalue weighted by Gasteiger charge is -2.06. The fourth-order valence-electron chi connectivity index (χ4n) is 1.22. The van der Waals surface area contributed by atoms with Crippen LogP contribution in [-0.4, -0.2) is 28.2 Å². The summed E-state index contributed by atoms with van der Waals surface area (Å²) in [4.78, 5) is 0. The number of sulfone groups is 1. The topological polar surface area (TPSA) is 106 Å². The van der Waals surface area contributed by atoms with Crippen molar-refractivity contribution in [2.24, 2.45) is 0 Å². The normalized spacial score (nSPS) is 12.5. The van der Waals surface area contributed by atoms with E-state index in [1.54, 1.807) is 24.3 Å². The minimum Gasteiger partial charge on any atom is -0.399 e. The molecule has 1 rings (SSSR count). The molecule has 0 aliphatic carbocycles. The van der Waals surface area contributed by atoms with Gasteiger partial charge in [-0.2, -0.15) is 0 Å². The van der Waals surface area contributed by atoms with Crippen LogP contribution in [0.25, 0.3) is 0 Å². The molecule has 6 nitrogen and oxygen atoms in total. The van der Waals surface area contributed by atoms with Crippen molar-refractivity contribution in [3.63, 3.8) is 0 Å². The maximum Gasteiger partial charge on any atom is 0.226 e. The van der Waals surface area contributed by atoms with Crippen LogP contribution < -0.4 is 10.5 Å². The van der Waals surface area contributed by atoms with E-state index >= 15 is 0 Å². The first-order chi connectivity index (χ1) is 7.68. The third-order valence-electron chi connectivity index (χ3n) is 1.82. The zero-order chi connectivity index (χ0) is 13.1. The summed E-state index contributed by atoms with van der Waals surface area (Å²) in [7, 11) is -7.40. The molecule has 96 valence electrons. The molecular formula is C9H14N2O4S2. The molecule has 1 aromatic rings. The van der Waals surface area contributed by atoms with Crippen molar-refractivity contribution in [2.75, 3.05) is 17.1 Å². The molecule has 0 fully saturated rings. The first-order valence-corrected chi connectivity index (χ1v) is 8.39. The number of anilines is 1. The van der Waals surface area contributed by atoms with Crippen LogP contribution in [0.4, 0.5) is 5.69 Å². The average Bonchev–Trinajstić information content (AvgIpc) is 2.11. The number of hydrogen-bond acceptors (Lipinski definition) is 5. The Morgan fingerprint density at radius 3 is 2.41 bits per heavy atom. The number of rotatable bonds is 5. The van der Waals surface area contributed by atoms with E-state index in [0.29, 0.717) is 11.3 Å². The Morgan fingerprint density at radius 2 is 1.88 bits per heavy atom. The van der Waals surface area contributed by atoms with Gasteiger partial charge in [-0.15, -0.1) is 0 Å². The number of sulfonamides is 1. The Bertz CT molecular complexity index is 593. The monoisotopic (exact) mass is 278 g/mol. The van der Waals surface area contributed by atoms with Crippen LogP contribution in [0.5, 0.6) is 0 Å². The lowest BCUT2D eigenvalue weighted by molar-refractivity contribution is 0.580. The highest BCUT2D eigenvalue weighted by Gasteiger charge is 2.17. The highest BCUT2D eigenvalue weighted by molar-refractivity contribution is 8.06. The lowest BCUT2D eigenvalue weighted by Crippen LogP contribution is -2.29. The third kappa shape index (κ3) is 5.66. The van der Waals surface area contributed by atoms with Crippen molar-refractivity contribution < 1.29 is 16.8 Å². The van der Waals surface area contributed by atoms with Crippen LogP contribution in [0, 0.1) is 0 Å². The van der Waals surface area contributed by atoms with Crippen molar-refractivity contribution in [1.82, 2.24) is 4.72 Å². The molecule has 0 aromatic heterocycles. The molecule has 0 spiro atoms. The third-order valence-corrected chi connectivity index (χ3v) is 5.35. The molecule has 0 amide bonds. The molecule has 0 heterocycles. The molecule has 3 N–H and O–H groups in total. The Labute approximate surface area is 101 Å². The summed E-state index contributed by atoms with van der Waals surface area (Å²) < 4.78 is 46.7. The zero-order valence-electron chi connectivity index (χ0n) is 9.25. The van der Waals surface area contributed by atoms with Crippen molar-refractivity contribution in [2.45, 2.75) is 6.54 Å². The summed E-state index contributed by atoms with van der Waals surface area (Å²) in [5.74, 6) is 0. The lowest BCUT2D eigenvalue weighted by atomic mass is 10.2. The van der Waals surface area contributed by atoms with E-state index in [-0.39, 0.29) is 6.54 Å². The first-order valence-electron chi connectivity index (χ1n) is 4.67. The molecule has 0 aliphatic heterocycles. The highest BCUT2D eigenvalue weighted by atomic mass is 32.3. The van der Waals surface area contributed by atoms with E-state index in [1.165, 1.54) is 0 Å². The van der Waals surface area contributed by atoms with Crippen LogP contribution in [0.2, 0.25) is 0 Å². The fourth-order valence-corrected chi connectivity index (χ4v) is 4.19. The van der Waals surface area contributed by atoms with Crippen LogP contribution in [0.15, 0.2) is 24.3 Å². The van der Waals surface area contributed by atoms with Gasteiger partial charge in [0.25, 0.3) is 0 Å². The molecular weight excluding hydrogens is 264 g/mol. The van der Waals surface area contributed by atoms with Gasteiger partial charge in [0.2, 0.25) is 10.0 Å². The second-order valence-electron chi connectivity index (χ2n) is 3.72. The number of benzene rings is 1. The largest absolute Gasteiger partial charge is 0.399 e. The number of nitrogens with one attached hydrogen (secondary N) is 1. The molecule has 0 aliphatic rings. The number of hydrogen-bond donors (Lipinski definition) is 2. The van der Waals surface area contributed by atoms with Gasteiger partial charge in [-0.25, -0.2) is 21.6 Å². The summed E-state index contributed by atoms with van der Waals surface area (Å²) in [5.41, 5.74) is 6.71. The van der Waals surface area contributed by atoms with Gasteiger partial charge in [0.05, 0.1) is 0 Å². The van der Waals surface area contributed by atoms with Crippen molar-refractivity contribution >= 4 is 25.5 Å². The van der Waals surface area contributed by atoms with Crippen LogP contribution >= 0.6 is 0 Å². The summed E-state index contributed by atoms with van der Waals surface area (Å²) >= 11 is 0.